The number of hydrogen-bond acceptors (Lipinski definition) is 3. The number of nitrogens with two attached hydrogens (primary N) is 1. The third-order valence-corrected chi connectivity index (χ3v) is 3.90. The Hall–Kier alpha value is -1.33. The van der Waals surface area contributed by atoms with Crippen molar-refractivity contribution in [1.29, 1.82) is 0 Å². The van der Waals surface area contributed by atoms with Crippen molar-refractivity contribution < 1.29 is 4.79 Å². The van der Waals surface area contributed by atoms with Gasteiger partial charge in [-0.1, -0.05) is 27.5 Å². The van der Waals surface area contributed by atoms with Crippen LogP contribution in [0.5, 0.6) is 0 Å². The third-order valence-electron chi connectivity index (χ3n) is 3.15. The smallest absolute Gasteiger partial charge is 0.224 e. The van der Waals surface area contributed by atoms with Gasteiger partial charge in [0.15, 0.2) is 0 Å². The molecule has 4 nitrogen and oxygen atoms in total. The number of nitrogens with one attached hydrogen (secondary N) is 1. The minimum atomic E-state index is -0.634. The number of pyridine rings is 1. The van der Waals surface area contributed by atoms with E-state index in [1.54, 1.807) is 26.1 Å². The number of benzene rings is 1. The molecule has 0 spiro atoms. The molecular formula is C14H15BrClN3O. The first-order valence-electron chi connectivity index (χ1n) is 6.09. The summed E-state index contributed by atoms with van der Waals surface area (Å²) in [5.74, 6) is -0.345. The Morgan fingerprint density at radius 3 is 2.85 bits per heavy atom. The topological polar surface area (TPSA) is 68.0 Å². The van der Waals surface area contributed by atoms with Crippen molar-refractivity contribution in [2.24, 2.45) is 11.1 Å². The van der Waals surface area contributed by atoms with Crippen LogP contribution in [0.4, 0.5) is 5.69 Å². The van der Waals surface area contributed by atoms with Gasteiger partial charge in [-0.05, 0) is 32.0 Å². The van der Waals surface area contributed by atoms with Crippen LogP contribution in [0.25, 0.3) is 10.9 Å². The largest absolute Gasteiger partial charge is 0.383 e. The average molecular weight is 357 g/mol. The molecule has 0 unspecified atom stereocenters. The van der Waals surface area contributed by atoms with Gasteiger partial charge in [0.2, 0.25) is 5.91 Å². The van der Waals surface area contributed by atoms with Gasteiger partial charge >= 0.3 is 0 Å². The number of carbonyl (C=O) groups is 1. The molecule has 1 aromatic carbocycles. The molecule has 0 saturated heterocycles. The number of anilines is 1. The summed E-state index contributed by atoms with van der Waals surface area (Å²) in [6.45, 7) is 4.04. The summed E-state index contributed by atoms with van der Waals surface area (Å²) in [4.78, 5) is 15.6. The predicted octanol–water partition coefficient (Wildman–Crippen LogP) is 3.57. The molecule has 0 atom stereocenters. The zero-order valence-electron chi connectivity index (χ0n) is 11.2. The van der Waals surface area contributed by atoms with Gasteiger partial charge in [-0.3, -0.25) is 9.78 Å². The highest BCUT2D eigenvalue weighted by Crippen LogP contribution is 2.31. The molecule has 106 valence electrons. The molecule has 0 radical (unpaired) electrons. The van der Waals surface area contributed by atoms with E-state index in [-0.39, 0.29) is 5.91 Å². The van der Waals surface area contributed by atoms with Gasteiger partial charge in [0.05, 0.1) is 16.0 Å². The van der Waals surface area contributed by atoms with Crippen LogP contribution < -0.4 is 11.1 Å². The third kappa shape index (κ3) is 3.04. The average Bonchev–Trinajstić information content (AvgIpc) is 2.36. The Morgan fingerprint density at radius 2 is 2.20 bits per heavy atom. The van der Waals surface area contributed by atoms with Crippen molar-refractivity contribution >= 4 is 50.0 Å². The first-order valence-corrected chi connectivity index (χ1v) is 7.26. The number of rotatable bonds is 4. The standard InChI is InChI=1S/C14H15BrClN3O/c1-14(2,13(17)20)7-19-11-3-4-18-12-9(11)5-8(15)6-10(12)16/h3-6H,7H2,1-2H3,(H2,17,20)(H,18,19). The van der Waals surface area contributed by atoms with Crippen LogP contribution in [0.2, 0.25) is 5.02 Å². The summed E-state index contributed by atoms with van der Waals surface area (Å²) in [5, 5.41) is 4.71. The van der Waals surface area contributed by atoms with E-state index in [1.165, 1.54) is 0 Å². The highest BCUT2D eigenvalue weighted by Gasteiger charge is 2.24. The summed E-state index contributed by atoms with van der Waals surface area (Å²) >= 11 is 9.60. The number of fused-ring (bicyclic) bond motifs is 1. The number of primary amides is 1. The van der Waals surface area contributed by atoms with E-state index < -0.39 is 5.41 Å². The van der Waals surface area contributed by atoms with Gasteiger partial charge in [-0.2, -0.15) is 0 Å². The summed E-state index contributed by atoms with van der Waals surface area (Å²) < 4.78 is 0.875. The van der Waals surface area contributed by atoms with Crippen LogP contribution in [-0.4, -0.2) is 17.4 Å². The Labute approximate surface area is 130 Å². The maximum Gasteiger partial charge on any atom is 0.224 e. The SMILES string of the molecule is CC(C)(CNc1ccnc2c(Cl)cc(Br)cc12)C(N)=O. The summed E-state index contributed by atoms with van der Waals surface area (Å²) in [6.07, 6.45) is 1.68. The summed E-state index contributed by atoms with van der Waals surface area (Å²) in [6, 6.07) is 5.59. The fraction of sp³-hybridized carbons (Fsp3) is 0.286. The predicted molar refractivity (Wildman–Crippen MR) is 85.9 cm³/mol. The van der Waals surface area contributed by atoms with E-state index in [0.29, 0.717) is 11.6 Å². The Morgan fingerprint density at radius 1 is 1.50 bits per heavy atom. The molecule has 1 aromatic heterocycles. The fourth-order valence-electron chi connectivity index (χ4n) is 1.74. The second kappa shape index (κ2) is 5.58. The number of hydrogen-bond donors (Lipinski definition) is 2. The fourth-order valence-corrected chi connectivity index (χ4v) is 2.59. The lowest BCUT2D eigenvalue weighted by molar-refractivity contribution is -0.125. The molecular weight excluding hydrogens is 342 g/mol. The second-order valence-electron chi connectivity index (χ2n) is 5.24. The minimum absolute atomic E-state index is 0.345. The lowest BCUT2D eigenvalue weighted by Gasteiger charge is -2.22. The molecule has 0 aliphatic carbocycles. The van der Waals surface area contributed by atoms with E-state index in [0.717, 1.165) is 21.1 Å². The minimum Gasteiger partial charge on any atom is -0.383 e. The number of amides is 1. The van der Waals surface area contributed by atoms with Gasteiger partial charge in [-0.25, -0.2) is 0 Å². The van der Waals surface area contributed by atoms with E-state index in [4.69, 9.17) is 17.3 Å². The zero-order chi connectivity index (χ0) is 14.9. The van der Waals surface area contributed by atoms with Crippen LogP contribution in [0.1, 0.15) is 13.8 Å². The maximum absolute atomic E-state index is 11.4. The lowest BCUT2D eigenvalue weighted by Crippen LogP contribution is -2.37. The molecule has 0 bridgehead atoms. The van der Waals surface area contributed by atoms with Crippen LogP contribution in [0.15, 0.2) is 28.9 Å². The number of nitrogens with zero attached hydrogens (tertiary/aromatic N) is 1. The van der Waals surface area contributed by atoms with Crippen LogP contribution in [0.3, 0.4) is 0 Å². The first-order chi connectivity index (χ1) is 9.31. The quantitative estimate of drug-likeness (QED) is 0.880. The Bertz CT molecular complexity index is 673. The summed E-state index contributed by atoms with van der Waals surface area (Å²) in [7, 11) is 0. The molecule has 20 heavy (non-hydrogen) atoms. The van der Waals surface area contributed by atoms with E-state index in [1.807, 2.05) is 12.1 Å². The highest BCUT2D eigenvalue weighted by molar-refractivity contribution is 9.10. The van der Waals surface area contributed by atoms with Gasteiger partial charge in [0.25, 0.3) is 0 Å². The van der Waals surface area contributed by atoms with Crippen molar-refractivity contribution in [3.05, 3.63) is 33.9 Å². The molecule has 0 fully saturated rings. The van der Waals surface area contributed by atoms with Gasteiger partial charge in [0, 0.05) is 28.3 Å². The molecule has 3 N–H and O–H groups in total. The molecule has 2 aromatic rings. The van der Waals surface area contributed by atoms with Crippen molar-refractivity contribution in [2.45, 2.75) is 13.8 Å². The molecule has 0 aliphatic heterocycles. The number of halogens is 2. The maximum atomic E-state index is 11.4. The Balaban J connectivity index is 2.38. The lowest BCUT2D eigenvalue weighted by atomic mass is 9.92. The summed E-state index contributed by atoms with van der Waals surface area (Å²) in [5.41, 5.74) is 6.33. The molecule has 1 heterocycles. The van der Waals surface area contributed by atoms with E-state index in [2.05, 4.69) is 26.2 Å². The molecule has 0 saturated carbocycles. The van der Waals surface area contributed by atoms with Crippen molar-refractivity contribution in [2.75, 3.05) is 11.9 Å². The normalized spacial score (nSPS) is 11.6. The van der Waals surface area contributed by atoms with Crippen molar-refractivity contribution in [1.82, 2.24) is 4.98 Å². The molecule has 1 amide bonds. The van der Waals surface area contributed by atoms with E-state index in [9.17, 15) is 4.79 Å². The number of carbonyl (C=O) groups excluding carboxylic acids is 1. The van der Waals surface area contributed by atoms with Gasteiger partial charge < -0.3 is 11.1 Å². The van der Waals surface area contributed by atoms with Crippen molar-refractivity contribution in [3.8, 4) is 0 Å². The van der Waals surface area contributed by atoms with Gasteiger partial charge in [0.1, 0.15) is 0 Å². The highest BCUT2D eigenvalue weighted by atomic mass is 79.9. The molecule has 0 aliphatic rings. The van der Waals surface area contributed by atoms with Crippen LogP contribution in [-0.2, 0) is 4.79 Å². The number of aromatic nitrogens is 1. The molecule has 2 rings (SSSR count). The zero-order valence-corrected chi connectivity index (χ0v) is 13.5. The monoisotopic (exact) mass is 355 g/mol. The van der Waals surface area contributed by atoms with Gasteiger partial charge in [-0.15, -0.1) is 0 Å². The van der Waals surface area contributed by atoms with Crippen LogP contribution >= 0.6 is 27.5 Å². The second-order valence-corrected chi connectivity index (χ2v) is 6.57. The molecule has 6 heteroatoms. The van der Waals surface area contributed by atoms with Crippen molar-refractivity contribution in [3.63, 3.8) is 0 Å². The first kappa shape index (κ1) is 15.1. The van der Waals surface area contributed by atoms with E-state index >= 15 is 0 Å². The Kier molecular flexibility index (Phi) is 4.20. The van der Waals surface area contributed by atoms with Crippen LogP contribution in [0, 0.1) is 5.41 Å².